The predicted molar refractivity (Wildman–Crippen MR) is 130 cm³/mol. The first-order chi connectivity index (χ1) is 14.4. The van der Waals surface area contributed by atoms with Crippen LogP contribution in [0.3, 0.4) is 0 Å². The molecule has 30 heavy (non-hydrogen) atoms. The number of unbranched alkanes of at least 4 members (excludes halogenated alkanes) is 3. The summed E-state index contributed by atoms with van der Waals surface area (Å²) >= 11 is -2.67. The van der Waals surface area contributed by atoms with Gasteiger partial charge in [-0.15, -0.1) is 0 Å². The third-order valence-corrected chi connectivity index (χ3v) is 25.4. The molecular weight excluding hydrogens is 479 g/mol. The molecule has 0 heterocycles. The van der Waals surface area contributed by atoms with Gasteiger partial charge in [0.2, 0.25) is 0 Å². The van der Waals surface area contributed by atoms with E-state index < -0.39 is 18.4 Å². The van der Waals surface area contributed by atoms with Crippen molar-refractivity contribution in [3.05, 3.63) is 35.9 Å². The number of ether oxygens (including phenoxy) is 2. The molecule has 0 aliphatic carbocycles. The van der Waals surface area contributed by atoms with Crippen molar-refractivity contribution in [1.29, 1.82) is 0 Å². The van der Waals surface area contributed by atoms with Crippen LogP contribution in [0.5, 0.6) is 0 Å². The van der Waals surface area contributed by atoms with Gasteiger partial charge < -0.3 is 0 Å². The number of benzene rings is 1. The standard InChI is InChI=1S/C14H19O3.3C4H9.Sn/c1-4-16-14(15)10-13(17-11(2)3)12-8-6-5-7-9-12;3*1-3-4-2;/h5-9,13H,4,10H2,1-3H3;3*1,3-4H2,2H3;. The molecule has 0 saturated heterocycles. The molecule has 3 nitrogen and oxygen atoms in total. The van der Waals surface area contributed by atoms with Crippen LogP contribution >= 0.6 is 0 Å². The molecule has 1 atom stereocenters. The van der Waals surface area contributed by atoms with E-state index in [0.717, 1.165) is 5.56 Å². The summed E-state index contributed by atoms with van der Waals surface area (Å²) in [5.41, 5.74) is 1.08. The number of hydrogen-bond acceptors (Lipinski definition) is 3. The summed E-state index contributed by atoms with van der Waals surface area (Å²) < 4.78 is 16.3. The second kappa shape index (κ2) is 14.5. The van der Waals surface area contributed by atoms with Crippen LogP contribution in [0.4, 0.5) is 0 Å². The number of rotatable bonds is 16. The number of esters is 1. The molecule has 0 aromatic heterocycles. The zero-order valence-electron chi connectivity index (χ0n) is 20.5. The van der Waals surface area contributed by atoms with Crippen LogP contribution in [0.15, 0.2) is 30.3 Å². The maximum absolute atomic E-state index is 12.4. The molecule has 0 aliphatic rings. The molecule has 0 saturated carbocycles. The Balaban J connectivity index is 3.24. The first-order valence-electron chi connectivity index (χ1n) is 12.2. The number of carbonyl (C=O) groups is 1. The molecule has 172 valence electrons. The van der Waals surface area contributed by atoms with Crippen molar-refractivity contribution in [2.24, 2.45) is 0 Å². The maximum atomic E-state index is 12.4. The molecule has 1 rings (SSSR count). The van der Waals surface area contributed by atoms with Crippen molar-refractivity contribution in [1.82, 2.24) is 0 Å². The molecular formula is C26H46O3Sn. The van der Waals surface area contributed by atoms with Crippen molar-refractivity contribution in [3.8, 4) is 0 Å². The van der Waals surface area contributed by atoms with Crippen LogP contribution in [0, 0.1) is 0 Å². The summed E-state index contributed by atoms with van der Waals surface area (Å²) in [6.45, 7) is 13.9. The van der Waals surface area contributed by atoms with E-state index in [-0.39, 0.29) is 15.7 Å². The summed E-state index contributed by atoms with van der Waals surface area (Å²) in [7, 11) is 0. The van der Waals surface area contributed by atoms with Crippen LogP contribution < -0.4 is 0 Å². The quantitative estimate of drug-likeness (QED) is 0.163. The fraction of sp³-hybridized carbons (Fsp3) is 0.731. The summed E-state index contributed by atoms with van der Waals surface area (Å²) in [4.78, 5) is 12.4. The van der Waals surface area contributed by atoms with E-state index in [2.05, 4.69) is 46.8 Å². The number of hydrogen-bond donors (Lipinski definition) is 0. The minimum absolute atomic E-state index is 0.124. The van der Waals surface area contributed by atoms with E-state index in [1.807, 2.05) is 25.1 Å². The van der Waals surface area contributed by atoms with Crippen LogP contribution in [-0.2, 0) is 14.3 Å². The van der Waals surface area contributed by atoms with Crippen molar-refractivity contribution < 1.29 is 14.3 Å². The monoisotopic (exact) mass is 526 g/mol. The Morgan fingerprint density at radius 3 is 1.83 bits per heavy atom. The van der Waals surface area contributed by atoms with Crippen molar-refractivity contribution in [2.75, 3.05) is 6.61 Å². The Kier molecular flexibility index (Phi) is 13.3. The molecule has 0 fully saturated rings. The molecule has 4 heteroatoms. The van der Waals surface area contributed by atoms with E-state index in [9.17, 15) is 4.79 Å². The topological polar surface area (TPSA) is 35.5 Å². The fourth-order valence-electron chi connectivity index (χ4n) is 4.57. The molecule has 0 radical (unpaired) electrons. The van der Waals surface area contributed by atoms with E-state index in [4.69, 9.17) is 9.47 Å². The van der Waals surface area contributed by atoms with Gasteiger partial charge in [0.1, 0.15) is 0 Å². The third kappa shape index (κ3) is 8.53. The molecule has 1 aromatic carbocycles. The van der Waals surface area contributed by atoms with Gasteiger partial charge in [-0.2, -0.15) is 0 Å². The van der Waals surface area contributed by atoms with Crippen LogP contribution in [-0.4, -0.2) is 34.6 Å². The summed E-state index contributed by atoms with van der Waals surface area (Å²) in [5, 5.41) is 0. The Morgan fingerprint density at radius 2 is 1.40 bits per heavy atom. The zero-order valence-corrected chi connectivity index (χ0v) is 23.3. The molecule has 0 aliphatic heterocycles. The molecule has 0 N–H and O–H groups in total. The van der Waals surface area contributed by atoms with E-state index in [0.29, 0.717) is 13.0 Å². The van der Waals surface area contributed by atoms with Gasteiger partial charge >= 0.3 is 191 Å². The molecule has 1 unspecified atom stereocenters. The van der Waals surface area contributed by atoms with Gasteiger partial charge in [0.15, 0.2) is 0 Å². The molecule has 0 amide bonds. The van der Waals surface area contributed by atoms with E-state index >= 15 is 0 Å². The SMILES string of the molecule is CCC[CH2][Sn]([CH2]CCC)([CH2]CCC)[C](C)(C)OC(CC(=O)OCC)c1ccccc1. The first kappa shape index (κ1) is 27.5. The summed E-state index contributed by atoms with van der Waals surface area (Å²) in [6.07, 6.45) is 7.73. The second-order valence-electron chi connectivity index (χ2n) is 9.13. The van der Waals surface area contributed by atoms with Gasteiger partial charge in [0, 0.05) is 0 Å². The normalized spacial score (nSPS) is 13.3. The van der Waals surface area contributed by atoms with Crippen LogP contribution in [0.1, 0.15) is 98.2 Å². The van der Waals surface area contributed by atoms with Crippen molar-refractivity contribution in [2.45, 2.75) is 110 Å². The Labute approximate surface area is 190 Å². The van der Waals surface area contributed by atoms with Crippen molar-refractivity contribution >= 4 is 24.3 Å². The first-order valence-corrected chi connectivity index (χ1v) is 19.7. The minimum atomic E-state index is -2.67. The summed E-state index contributed by atoms with van der Waals surface area (Å²) in [5.74, 6) is -0.168. The van der Waals surface area contributed by atoms with Crippen LogP contribution in [0.2, 0.25) is 13.3 Å². The summed E-state index contributed by atoms with van der Waals surface area (Å²) in [6, 6.07) is 10.3. The average Bonchev–Trinajstić information content (AvgIpc) is 2.73. The second-order valence-corrected chi connectivity index (χ2v) is 24.2. The Morgan fingerprint density at radius 1 is 0.900 bits per heavy atom. The van der Waals surface area contributed by atoms with Crippen LogP contribution in [0.25, 0.3) is 0 Å². The van der Waals surface area contributed by atoms with Gasteiger partial charge in [0.05, 0.1) is 0 Å². The molecule has 0 bridgehead atoms. The Hall–Kier alpha value is -0.551. The zero-order chi connectivity index (χ0) is 22.5. The van der Waals surface area contributed by atoms with Crippen molar-refractivity contribution in [3.63, 3.8) is 0 Å². The van der Waals surface area contributed by atoms with E-state index in [1.165, 1.54) is 51.8 Å². The Bertz CT molecular complexity index is 563. The predicted octanol–water partition coefficient (Wildman–Crippen LogP) is 7.86. The van der Waals surface area contributed by atoms with Gasteiger partial charge in [0.25, 0.3) is 0 Å². The van der Waals surface area contributed by atoms with Gasteiger partial charge in [-0.05, 0) is 0 Å². The van der Waals surface area contributed by atoms with Gasteiger partial charge in [-0.3, -0.25) is 0 Å². The third-order valence-electron chi connectivity index (χ3n) is 6.57. The number of carbonyl (C=O) groups excluding carboxylic acids is 1. The average molecular weight is 525 g/mol. The van der Waals surface area contributed by atoms with Gasteiger partial charge in [-0.25, -0.2) is 0 Å². The fourth-order valence-corrected chi connectivity index (χ4v) is 21.8. The molecule has 1 aromatic rings. The van der Waals surface area contributed by atoms with Gasteiger partial charge in [-0.1, -0.05) is 0 Å². The molecule has 0 spiro atoms. The van der Waals surface area contributed by atoms with E-state index in [1.54, 1.807) is 0 Å².